The lowest BCUT2D eigenvalue weighted by Gasteiger charge is -2.32. The minimum Gasteiger partial charge on any atom is -0.298 e. The Morgan fingerprint density at radius 1 is 1.26 bits per heavy atom. The highest BCUT2D eigenvalue weighted by Crippen LogP contribution is 2.31. The first kappa shape index (κ1) is 14.6. The highest BCUT2D eigenvalue weighted by atomic mass is 32.2. The maximum atomic E-state index is 12.8. The molecule has 1 aromatic carbocycles. The number of hydrogen-bond acceptors (Lipinski definition) is 3. The number of hydrogen-bond donors (Lipinski definition) is 0. The second kappa shape index (κ2) is 4.61. The SMILES string of the molecule is BN(C(C)(C)C)S(=O)(=O)c1cccc2c1CN(C)C2. The molecule has 104 valence electrons. The van der Waals surface area contributed by atoms with Gasteiger partial charge in [-0.25, -0.2) is 12.6 Å². The van der Waals surface area contributed by atoms with Crippen LogP contribution in [0.1, 0.15) is 31.9 Å². The van der Waals surface area contributed by atoms with Crippen molar-refractivity contribution in [2.45, 2.75) is 44.3 Å². The van der Waals surface area contributed by atoms with Crippen molar-refractivity contribution in [3.8, 4) is 0 Å². The van der Waals surface area contributed by atoms with Crippen molar-refractivity contribution in [2.24, 2.45) is 0 Å². The van der Waals surface area contributed by atoms with E-state index in [0.29, 0.717) is 11.4 Å². The lowest BCUT2D eigenvalue weighted by molar-refractivity contribution is 0.350. The predicted octanol–water partition coefficient (Wildman–Crippen LogP) is 0.969. The molecule has 4 nitrogen and oxygen atoms in total. The average molecular weight is 280 g/mol. The Morgan fingerprint density at radius 3 is 2.47 bits per heavy atom. The largest absolute Gasteiger partial charge is 0.298 e. The molecule has 0 aromatic heterocycles. The van der Waals surface area contributed by atoms with Crippen molar-refractivity contribution >= 4 is 18.0 Å². The molecule has 1 heterocycles. The van der Waals surface area contributed by atoms with Crippen LogP contribution in [0, 0.1) is 0 Å². The van der Waals surface area contributed by atoms with Gasteiger partial charge in [-0.15, -0.1) is 0 Å². The molecule has 0 saturated carbocycles. The van der Waals surface area contributed by atoms with Crippen molar-refractivity contribution < 1.29 is 8.42 Å². The van der Waals surface area contributed by atoms with E-state index in [1.807, 2.05) is 40.0 Å². The van der Waals surface area contributed by atoms with Crippen LogP contribution in [0.2, 0.25) is 0 Å². The number of sulfonamides is 1. The van der Waals surface area contributed by atoms with Crippen molar-refractivity contribution in [3.63, 3.8) is 0 Å². The molecule has 0 radical (unpaired) electrons. The number of benzene rings is 1. The third-order valence-electron chi connectivity index (χ3n) is 3.68. The molecule has 19 heavy (non-hydrogen) atoms. The zero-order valence-electron chi connectivity index (χ0n) is 12.3. The third kappa shape index (κ3) is 2.57. The van der Waals surface area contributed by atoms with Gasteiger partial charge >= 0.3 is 0 Å². The molecule has 0 amide bonds. The van der Waals surface area contributed by atoms with E-state index in [4.69, 9.17) is 0 Å². The van der Waals surface area contributed by atoms with Crippen LogP contribution in [-0.2, 0) is 23.1 Å². The maximum absolute atomic E-state index is 12.8. The van der Waals surface area contributed by atoms with Gasteiger partial charge in [-0.05, 0) is 45.0 Å². The molecular weight excluding hydrogens is 259 g/mol. The lowest BCUT2D eigenvalue weighted by atomic mass is 10.1. The van der Waals surface area contributed by atoms with E-state index in [1.165, 1.54) is 4.22 Å². The summed E-state index contributed by atoms with van der Waals surface area (Å²) in [6.07, 6.45) is 0. The number of nitrogens with zero attached hydrogens (tertiary/aromatic N) is 2. The molecule has 0 bridgehead atoms. The van der Waals surface area contributed by atoms with Gasteiger partial charge in [0.2, 0.25) is 18.0 Å². The molecule has 1 aliphatic heterocycles. The first-order valence-electron chi connectivity index (χ1n) is 6.42. The zero-order valence-corrected chi connectivity index (χ0v) is 13.1. The Hall–Kier alpha value is -0.845. The van der Waals surface area contributed by atoms with Gasteiger partial charge in [0, 0.05) is 18.6 Å². The topological polar surface area (TPSA) is 40.6 Å². The summed E-state index contributed by atoms with van der Waals surface area (Å²) in [5.74, 6) is 0. The van der Waals surface area contributed by atoms with E-state index >= 15 is 0 Å². The molecular formula is C13H21BN2O2S. The fraction of sp³-hybridized carbons (Fsp3) is 0.538. The van der Waals surface area contributed by atoms with E-state index in [-0.39, 0.29) is 0 Å². The Kier molecular flexibility index (Phi) is 3.54. The molecule has 6 heteroatoms. The monoisotopic (exact) mass is 280 g/mol. The predicted molar refractivity (Wildman–Crippen MR) is 78.9 cm³/mol. The van der Waals surface area contributed by atoms with Gasteiger partial charge in [-0.2, -0.15) is 0 Å². The molecule has 0 unspecified atom stereocenters. The number of rotatable bonds is 2. The normalized spacial score (nSPS) is 16.9. The first-order chi connectivity index (χ1) is 8.64. The molecule has 0 fully saturated rings. The molecule has 0 atom stereocenters. The standard InChI is InChI=1S/C13H21BN2O2S/c1-13(2,3)16(14)19(17,18)12-7-5-6-10-8-15(4)9-11(10)12/h5-7H,8-9,14H2,1-4H3. The number of fused-ring (bicyclic) bond motifs is 1. The van der Waals surface area contributed by atoms with Crippen LogP contribution in [0.5, 0.6) is 0 Å². The van der Waals surface area contributed by atoms with E-state index in [2.05, 4.69) is 4.90 Å². The van der Waals surface area contributed by atoms with Crippen molar-refractivity contribution in [2.75, 3.05) is 7.05 Å². The van der Waals surface area contributed by atoms with Crippen LogP contribution in [0.4, 0.5) is 0 Å². The van der Waals surface area contributed by atoms with E-state index in [0.717, 1.165) is 17.7 Å². The molecule has 0 aliphatic carbocycles. The highest BCUT2D eigenvalue weighted by Gasteiger charge is 2.33. The average Bonchev–Trinajstić information content (AvgIpc) is 2.66. The van der Waals surface area contributed by atoms with Crippen LogP contribution < -0.4 is 0 Å². The molecule has 0 spiro atoms. The van der Waals surface area contributed by atoms with Gasteiger partial charge in [0.15, 0.2) is 0 Å². The smallest absolute Gasteiger partial charge is 0.233 e. The van der Waals surface area contributed by atoms with Gasteiger partial charge < -0.3 is 0 Å². The summed E-state index contributed by atoms with van der Waals surface area (Å²) in [6.45, 7) is 7.22. The van der Waals surface area contributed by atoms with Gasteiger partial charge in [0.1, 0.15) is 0 Å². The van der Waals surface area contributed by atoms with E-state index in [1.54, 1.807) is 14.0 Å². The summed E-state index contributed by atoms with van der Waals surface area (Å²) in [7, 11) is 0.211. The van der Waals surface area contributed by atoms with Gasteiger partial charge in [0.05, 0.1) is 4.90 Å². The summed E-state index contributed by atoms with van der Waals surface area (Å²) >= 11 is 0. The van der Waals surface area contributed by atoms with Crippen LogP contribution in [-0.4, -0.2) is 38.1 Å². The van der Waals surface area contributed by atoms with Gasteiger partial charge in [-0.3, -0.25) is 4.90 Å². The van der Waals surface area contributed by atoms with Gasteiger partial charge in [0.25, 0.3) is 0 Å². The second-order valence-corrected chi connectivity index (χ2v) is 8.15. The lowest BCUT2D eigenvalue weighted by Crippen LogP contribution is -2.43. The quantitative estimate of drug-likeness (QED) is 0.758. The fourth-order valence-electron chi connectivity index (χ4n) is 2.31. The summed E-state index contributed by atoms with van der Waals surface area (Å²) in [5.41, 5.74) is 1.64. The molecule has 1 aromatic rings. The molecule has 1 aliphatic rings. The summed E-state index contributed by atoms with van der Waals surface area (Å²) < 4.78 is 27.0. The maximum Gasteiger partial charge on any atom is 0.233 e. The van der Waals surface area contributed by atoms with Crippen molar-refractivity contribution in [1.29, 1.82) is 0 Å². The minimum absolute atomic E-state index is 0.425. The van der Waals surface area contributed by atoms with Crippen LogP contribution >= 0.6 is 0 Å². The van der Waals surface area contributed by atoms with Crippen molar-refractivity contribution in [1.82, 2.24) is 9.12 Å². The molecule has 0 N–H and O–H groups in total. The highest BCUT2D eigenvalue weighted by molar-refractivity contribution is 7.90. The molecule has 0 saturated heterocycles. The Bertz CT molecular complexity index is 593. The van der Waals surface area contributed by atoms with E-state index in [9.17, 15) is 8.42 Å². The third-order valence-corrected chi connectivity index (χ3v) is 5.89. The van der Waals surface area contributed by atoms with Crippen LogP contribution in [0.25, 0.3) is 0 Å². The minimum atomic E-state index is -3.44. The van der Waals surface area contributed by atoms with Gasteiger partial charge in [-0.1, -0.05) is 12.1 Å². The summed E-state index contributed by atoms with van der Waals surface area (Å²) in [6, 6.07) is 5.56. The fourth-order valence-corrected chi connectivity index (χ4v) is 4.08. The zero-order chi connectivity index (χ0) is 14.4. The Morgan fingerprint density at radius 2 is 1.89 bits per heavy atom. The van der Waals surface area contributed by atoms with Crippen LogP contribution in [0.15, 0.2) is 23.1 Å². The van der Waals surface area contributed by atoms with Crippen molar-refractivity contribution in [3.05, 3.63) is 29.3 Å². The summed E-state index contributed by atoms with van der Waals surface area (Å²) in [5, 5.41) is 0. The summed E-state index contributed by atoms with van der Waals surface area (Å²) in [4.78, 5) is 2.58. The molecule has 2 rings (SSSR count). The Balaban J connectivity index is 2.52. The van der Waals surface area contributed by atoms with E-state index < -0.39 is 15.6 Å². The second-order valence-electron chi connectivity index (χ2n) is 6.21. The first-order valence-corrected chi connectivity index (χ1v) is 7.86. The van der Waals surface area contributed by atoms with Crippen LogP contribution in [0.3, 0.4) is 0 Å². The Labute approximate surface area is 116 Å².